The number of aromatic nitrogens is 2. The quantitative estimate of drug-likeness (QED) is 0.331. The molecule has 2 heterocycles. The molecule has 1 unspecified atom stereocenters. The second kappa shape index (κ2) is 10.1. The Hall–Kier alpha value is -1.36. The molecule has 0 saturated heterocycles. The smallest absolute Gasteiger partial charge is 0.338 e. The van der Waals surface area contributed by atoms with Gasteiger partial charge in [0.05, 0.1) is 5.56 Å². The van der Waals surface area contributed by atoms with Gasteiger partial charge >= 0.3 is 5.97 Å². The Morgan fingerprint density at radius 2 is 1.96 bits per heavy atom. The fraction of sp³-hybridized carbons (Fsp3) is 0.619. The second-order valence-corrected chi connectivity index (χ2v) is 7.47. The number of rotatable bonds is 11. The molecule has 0 aliphatic heterocycles. The molecule has 2 aromatic rings. The first-order chi connectivity index (χ1) is 12.6. The van der Waals surface area contributed by atoms with Gasteiger partial charge in [-0.15, -0.1) is 0 Å². The highest BCUT2D eigenvalue weighted by atomic mass is 79.9. The van der Waals surface area contributed by atoms with Gasteiger partial charge in [0, 0.05) is 29.2 Å². The molecule has 5 heteroatoms. The summed E-state index contributed by atoms with van der Waals surface area (Å²) in [6.07, 6.45) is 10.3. The number of aromatic carboxylic acids is 1. The number of unbranched alkanes of at least 4 members (excludes halogenated alkanes) is 4. The highest BCUT2D eigenvalue weighted by molar-refractivity contribution is 9.08. The van der Waals surface area contributed by atoms with Gasteiger partial charge in [-0.1, -0.05) is 61.9 Å². The lowest BCUT2D eigenvalue weighted by Gasteiger charge is -2.17. The van der Waals surface area contributed by atoms with Crippen molar-refractivity contribution < 1.29 is 9.90 Å². The van der Waals surface area contributed by atoms with E-state index in [-0.39, 0.29) is 0 Å². The van der Waals surface area contributed by atoms with E-state index in [9.17, 15) is 9.90 Å². The average Bonchev–Trinajstić information content (AvgIpc) is 2.98. The summed E-state index contributed by atoms with van der Waals surface area (Å²) in [6.45, 7) is 7.19. The highest BCUT2D eigenvalue weighted by Gasteiger charge is 2.26. The number of alkyl halides is 1. The van der Waals surface area contributed by atoms with Crippen LogP contribution in [0.25, 0.3) is 11.0 Å². The topological polar surface area (TPSA) is 55.1 Å². The standard InChI is InChI=1S/C21H31BrN2O2/c1-4-7-8-9-10-11-15(5-2)16-12-13-23-20-18(16)19(21(25)26)17(14-22)24(20)6-3/h12-13,15H,4-11,14H2,1-3H3,(H,25,26). The summed E-state index contributed by atoms with van der Waals surface area (Å²) < 4.78 is 2.03. The van der Waals surface area contributed by atoms with Crippen molar-refractivity contribution in [2.75, 3.05) is 0 Å². The van der Waals surface area contributed by atoms with E-state index in [1.165, 1.54) is 32.1 Å². The molecule has 0 fully saturated rings. The Balaban J connectivity index is 2.46. The van der Waals surface area contributed by atoms with Gasteiger partial charge in [0.25, 0.3) is 0 Å². The maximum absolute atomic E-state index is 12.1. The van der Waals surface area contributed by atoms with Gasteiger partial charge in [-0.05, 0) is 37.3 Å². The molecule has 0 bridgehead atoms. The molecule has 144 valence electrons. The number of pyridine rings is 1. The largest absolute Gasteiger partial charge is 0.478 e. The molecule has 1 atom stereocenters. The number of halogens is 1. The summed E-state index contributed by atoms with van der Waals surface area (Å²) in [5.74, 6) is -0.472. The number of hydrogen-bond acceptors (Lipinski definition) is 2. The minimum atomic E-state index is -0.858. The van der Waals surface area contributed by atoms with Crippen molar-refractivity contribution in [2.24, 2.45) is 0 Å². The van der Waals surface area contributed by atoms with E-state index >= 15 is 0 Å². The summed E-state index contributed by atoms with van der Waals surface area (Å²) in [5.41, 5.74) is 3.19. The van der Waals surface area contributed by atoms with Crippen LogP contribution in [0, 0.1) is 0 Å². The van der Waals surface area contributed by atoms with Gasteiger partial charge in [0.15, 0.2) is 0 Å². The first-order valence-corrected chi connectivity index (χ1v) is 11.0. The number of hydrogen-bond donors (Lipinski definition) is 1. The summed E-state index contributed by atoms with van der Waals surface area (Å²) in [6, 6.07) is 2.03. The second-order valence-electron chi connectivity index (χ2n) is 6.91. The van der Waals surface area contributed by atoms with Crippen molar-refractivity contribution in [1.29, 1.82) is 0 Å². The lowest BCUT2D eigenvalue weighted by Crippen LogP contribution is -2.05. The summed E-state index contributed by atoms with van der Waals surface area (Å²) in [4.78, 5) is 16.6. The molecule has 0 radical (unpaired) electrons. The fourth-order valence-electron chi connectivity index (χ4n) is 3.96. The van der Waals surface area contributed by atoms with E-state index in [1.807, 2.05) is 23.8 Å². The molecular formula is C21H31BrN2O2. The first-order valence-electron chi connectivity index (χ1n) is 9.89. The van der Waals surface area contributed by atoms with Gasteiger partial charge in [0.2, 0.25) is 0 Å². The number of fused-ring (bicyclic) bond motifs is 1. The Labute approximate surface area is 165 Å². The van der Waals surface area contributed by atoms with Crippen molar-refractivity contribution in [3.63, 3.8) is 0 Å². The third kappa shape index (κ3) is 4.30. The molecule has 0 saturated carbocycles. The zero-order valence-corrected chi connectivity index (χ0v) is 17.8. The average molecular weight is 423 g/mol. The van der Waals surface area contributed by atoms with Crippen LogP contribution in [-0.4, -0.2) is 20.6 Å². The van der Waals surface area contributed by atoms with Crippen molar-refractivity contribution in [1.82, 2.24) is 9.55 Å². The predicted octanol–water partition coefficient (Wildman–Crippen LogP) is 6.50. The molecule has 0 aromatic carbocycles. The Morgan fingerprint density at radius 3 is 2.54 bits per heavy atom. The van der Waals surface area contributed by atoms with Gasteiger partial charge in [-0.2, -0.15) is 0 Å². The van der Waals surface area contributed by atoms with Crippen molar-refractivity contribution in [3.8, 4) is 0 Å². The van der Waals surface area contributed by atoms with Crippen LogP contribution in [0.1, 0.15) is 93.3 Å². The molecular weight excluding hydrogens is 392 g/mol. The molecule has 4 nitrogen and oxygen atoms in total. The van der Waals surface area contributed by atoms with Crippen LogP contribution in [0.3, 0.4) is 0 Å². The van der Waals surface area contributed by atoms with Crippen molar-refractivity contribution in [3.05, 3.63) is 29.1 Å². The van der Waals surface area contributed by atoms with E-state index in [4.69, 9.17) is 0 Å². The van der Waals surface area contributed by atoms with Crippen molar-refractivity contribution in [2.45, 2.75) is 83.5 Å². The molecule has 26 heavy (non-hydrogen) atoms. The van der Waals surface area contributed by atoms with Crippen LogP contribution in [0.5, 0.6) is 0 Å². The Morgan fingerprint density at radius 1 is 1.23 bits per heavy atom. The summed E-state index contributed by atoms with van der Waals surface area (Å²) in [5, 5.41) is 11.3. The molecule has 0 aliphatic rings. The molecule has 0 aliphatic carbocycles. The Bertz CT molecular complexity index is 739. The number of carboxylic acids is 1. The third-order valence-corrected chi connectivity index (χ3v) is 5.86. The molecule has 2 rings (SSSR count). The monoisotopic (exact) mass is 422 g/mol. The van der Waals surface area contributed by atoms with E-state index in [1.54, 1.807) is 0 Å². The molecule has 2 aromatic heterocycles. The van der Waals surface area contributed by atoms with Crippen LogP contribution in [0.15, 0.2) is 12.3 Å². The number of carbonyl (C=O) groups is 1. The zero-order chi connectivity index (χ0) is 19.1. The van der Waals surface area contributed by atoms with Crippen LogP contribution < -0.4 is 0 Å². The fourth-order valence-corrected chi connectivity index (χ4v) is 4.54. The third-order valence-electron chi connectivity index (χ3n) is 5.33. The normalized spacial score (nSPS) is 12.6. The van der Waals surface area contributed by atoms with Gasteiger partial charge < -0.3 is 9.67 Å². The van der Waals surface area contributed by atoms with Crippen LogP contribution in [0.2, 0.25) is 0 Å². The Kier molecular flexibility index (Phi) is 8.14. The number of nitrogens with zero attached hydrogens (tertiary/aromatic N) is 2. The summed E-state index contributed by atoms with van der Waals surface area (Å²) in [7, 11) is 0. The zero-order valence-electron chi connectivity index (χ0n) is 16.2. The van der Waals surface area contributed by atoms with Gasteiger partial charge in [-0.3, -0.25) is 0 Å². The van der Waals surface area contributed by atoms with Crippen LogP contribution in [0.4, 0.5) is 0 Å². The highest BCUT2D eigenvalue weighted by Crippen LogP contribution is 2.36. The molecule has 0 amide bonds. The number of carboxylic acid groups (broad SMARTS) is 1. The SMILES string of the molecule is CCCCCCCC(CC)c1ccnc2c1c(C(=O)O)c(CBr)n2CC. The van der Waals surface area contributed by atoms with Crippen molar-refractivity contribution >= 4 is 32.9 Å². The van der Waals surface area contributed by atoms with Crippen LogP contribution >= 0.6 is 15.9 Å². The first kappa shape index (κ1) is 20.9. The van der Waals surface area contributed by atoms with Crippen LogP contribution in [-0.2, 0) is 11.9 Å². The summed E-state index contributed by atoms with van der Waals surface area (Å²) >= 11 is 3.48. The van der Waals surface area contributed by atoms with E-state index in [2.05, 4.69) is 34.8 Å². The maximum atomic E-state index is 12.1. The van der Waals surface area contributed by atoms with E-state index < -0.39 is 5.97 Å². The maximum Gasteiger partial charge on any atom is 0.338 e. The van der Waals surface area contributed by atoms with E-state index in [0.717, 1.165) is 41.7 Å². The molecule has 0 spiro atoms. The predicted molar refractivity (Wildman–Crippen MR) is 111 cm³/mol. The lowest BCUT2D eigenvalue weighted by atomic mass is 9.88. The van der Waals surface area contributed by atoms with Gasteiger partial charge in [0.1, 0.15) is 5.65 Å². The van der Waals surface area contributed by atoms with E-state index in [0.29, 0.717) is 16.8 Å². The minimum absolute atomic E-state index is 0.385. The minimum Gasteiger partial charge on any atom is -0.478 e. The number of aryl methyl sites for hydroxylation is 1. The molecule has 1 N–H and O–H groups in total. The lowest BCUT2D eigenvalue weighted by molar-refractivity contribution is 0.0698. The van der Waals surface area contributed by atoms with Gasteiger partial charge in [-0.25, -0.2) is 9.78 Å².